The smallest absolute Gasteiger partial charge is 0.0426 e. The van der Waals surface area contributed by atoms with E-state index in [1.807, 2.05) is 19.2 Å². The van der Waals surface area contributed by atoms with Gasteiger partial charge in [0.05, 0.1) is 0 Å². The quantitative estimate of drug-likeness (QED) is 0.870. The van der Waals surface area contributed by atoms with Crippen LogP contribution in [-0.4, -0.2) is 7.05 Å². The summed E-state index contributed by atoms with van der Waals surface area (Å²) in [6.45, 7) is 0.888. The predicted octanol–water partition coefficient (Wildman–Crippen LogP) is 4.44. The van der Waals surface area contributed by atoms with Gasteiger partial charge in [-0.15, -0.1) is 11.3 Å². The topological polar surface area (TPSA) is 12.0 Å². The molecule has 0 unspecified atom stereocenters. The summed E-state index contributed by atoms with van der Waals surface area (Å²) in [5.41, 5.74) is 2.23. The predicted molar refractivity (Wildman–Crippen MR) is 72.5 cm³/mol. The summed E-state index contributed by atoms with van der Waals surface area (Å²) < 4.78 is 0. The molecule has 1 N–H and O–H groups in total. The van der Waals surface area contributed by atoms with E-state index in [9.17, 15) is 0 Å². The largest absolute Gasteiger partial charge is 0.315 e. The fourth-order valence-electron chi connectivity index (χ4n) is 1.52. The van der Waals surface area contributed by atoms with Gasteiger partial charge in [-0.3, -0.25) is 0 Å². The van der Waals surface area contributed by atoms with E-state index in [-0.39, 0.29) is 0 Å². The summed E-state index contributed by atoms with van der Waals surface area (Å²) in [5, 5.41) is 6.59. The lowest BCUT2D eigenvalue weighted by atomic mass is 10.1. The molecular formula is C12H11Cl2NS. The van der Waals surface area contributed by atoms with Crippen LogP contribution in [0.4, 0.5) is 0 Å². The zero-order valence-corrected chi connectivity index (χ0v) is 11.1. The highest BCUT2D eigenvalue weighted by molar-refractivity contribution is 7.10. The van der Waals surface area contributed by atoms with Crippen molar-refractivity contribution < 1.29 is 0 Å². The fraction of sp³-hybridized carbons (Fsp3) is 0.167. The first-order valence-corrected chi connectivity index (χ1v) is 6.51. The van der Waals surface area contributed by atoms with Gasteiger partial charge in [0.1, 0.15) is 0 Å². The molecule has 0 atom stereocenters. The molecule has 0 saturated carbocycles. The molecule has 2 rings (SSSR count). The van der Waals surface area contributed by atoms with Gasteiger partial charge in [-0.25, -0.2) is 0 Å². The molecular weight excluding hydrogens is 261 g/mol. The van der Waals surface area contributed by atoms with Crippen molar-refractivity contribution in [3.8, 4) is 11.1 Å². The molecule has 0 aliphatic rings. The first kappa shape index (κ1) is 11.9. The second-order valence-electron chi connectivity index (χ2n) is 3.49. The number of benzene rings is 1. The molecule has 84 valence electrons. The first-order chi connectivity index (χ1) is 7.69. The first-order valence-electron chi connectivity index (χ1n) is 4.87. The van der Waals surface area contributed by atoms with Gasteiger partial charge in [-0.1, -0.05) is 23.2 Å². The van der Waals surface area contributed by atoms with E-state index >= 15 is 0 Å². The fourth-order valence-corrected chi connectivity index (χ4v) is 2.95. The van der Waals surface area contributed by atoms with Crippen molar-refractivity contribution in [2.45, 2.75) is 6.54 Å². The zero-order chi connectivity index (χ0) is 11.5. The number of nitrogens with one attached hydrogen (secondary N) is 1. The van der Waals surface area contributed by atoms with E-state index in [4.69, 9.17) is 23.2 Å². The van der Waals surface area contributed by atoms with E-state index in [2.05, 4.69) is 16.8 Å². The van der Waals surface area contributed by atoms with E-state index < -0.39 is 0 Å². The number of hydrogen-bond donors (Lipinski definition) is 1. The van der Waals surface area contributed by atoms with Crippen LogP contribution in [0.3, 0.4) is 0 Å². The average molecular weight is 272 g/mol. The van der Waals surface area contributed by atoms with Crippen molar-refractivity contribution in [2.75, 3.05) is 7.05 Å². The third kappa shape index (κ3) is 2.77. The molecule has 1 nitrogen and oxygen atoms in total. The molecule has 2 aromatic rings. The summed E-state index contributed by atoms with van der Waals surface area (Å²) in [6, 6.07) is 7.76. The molecule has 0 amide bonds. The van der Waals surface area contributed by atoms with Crippen LogP contribution in [0, 0.1) is 0 Å². The maximum Gasteiger partial charge on any atom is 0.0426 e. The lowest BCUT2D eigenvalue weighted by molar-refractivity contribution is 0.831. The Kier molecular flexibility index (Phi) is 3.87. The SMILES string of the molecule is CNCc1cc(-c2cc(Cl)cc(Cl)c2)cs1. The number of rotatable bonds is 3. The van der Waals surface area contributed by atoms with Gasteiger partial charge < -0.3 is 5.32 Å². The van der Waals surface area contributed by atoms with Crippen LogP contribution < -0.4 is 5.32 Å². The summed E-state index contributed by atoms with van der Waals surface area (Å²) in [7, 11) is 1.94. The van der Waals surface area contributed by atoms with Crippen molar-refractivity contribution in [2.24, 2.45) is 0 Å². The Morgan fingerprint density at radius 2 is 1.75 bits per heavy atom. The molecule has 1 aromatic heterocycles. The second-order valence-corrected chi connectivity index (χ2v) is 5.36. The van der Waals surface area contributed by atoms with E-state index in [0.717, 1.165) is 12.1 Å². The molecule has 1 aromatic carbocycles. The van der Waals surface area contributed by atoms with Crippen LogP contribution in [0.1, 0.15) is 4.88 Å². The number of halogens is 2. The van der Waals surface area contributed by atoms with Gasteiger partial charge in [0, 0.05) is 21.5 Å². The van der Waals surface area contributed by atoms with Gasteiger partial charge >= 0.3 is 0 Å². The van der Waals surface area contributed by atoms with Gasteiger partial charge in [-0.05, 0) is 47.8 Å². The van der Waals surface area contributed by atoms with Crippen molar-refractivity contribution in [3.63, 3.8) is 0 Å². The van der Waals surface area contributed by atoms with Crippen LogP contribution in [0.2, 0.25) is 10.0 Å². The van der Waals surface area contributed by atoms with Gasteiger partial charge in [0.2, 0.25) is 0 Å². The van der Waals surface area contributed by atoms with Crippen LogP contribution in [0.15, 0.2) is 29.6 Å². The molecule has 4 heteroatoms. The summed E-state index contributed by atoms with van der Waals surface area (Å²) in [4.78, 5) is 1.30. The number of thiophene rings is 1. The average Bonchev–Trinajstić information content (AvgIpc) is 2.65. The minimum Gasteiger partial charge on any atom is -0.315 e. The van der Waals surface area contributed by atoms with Crippen LogP contribution >= 0.6 is 34.5 Å². The van der Waals surface area contributed by atoms with E-state index in [1.165, 1.54) is 10.4 Å². The standard InChI is InChI=1S/C12H11Cl2NS/c1-15-6-12-4-9(7-16-12)8-2-10(13)5-11(14)3-8/h2-5,7,15H,6H2,1H3. The monoisotopic (exact) mass is 271 g/mol. The molecule has 0 aliphatic carbocycles. The number of hydrogen-bond acceptors (Lipinski definition) is 2. The summed E-state index contributed by atoms with van der Waals surface area (Å²) in [6.07, 6.45) is 0. The van der Waals surface area contributed by atoms with Crippen molar-refractivity contribution >= 4 is 34.5 Å². The third-order valence-corrected chi connectivity index (χ3v) is 3.57. The normalized spacial score (nSPS) is 10.7. The second kappa shape index (κ2) is 5.19. The van der Waals surface area contributed by atoms with Crippen LogP contribution in [0.25, 0.3) is 11.1 Å². The third-order valence-electron chi connectivity index (χ3n) is 2.20. The Morgan fingerprint density at radius 1 is 1.06 bits per heavy atom. The Balaban J connectivity index is 2.34. The van der Waals surface area contributed by atoms with Crippen molar-refractivity contribution in [3.05, 3.63) is 44.6 Å². The Morgan fingerprint density at radius 3 is 2.38 bits per heavy atom. The van der Waals surface area contributed by atoms with E-state index in [1.54, 1.807) is 17.4 Å². The Hall–Kier alpha value is -0.540. The summed E-state index contributed by atoms with van der Waals surface area (Å²) in [5.74, 6) is 0. The van der Waals surface area contributed by atoms with Gasteiger partial charge in [0.15, 0.2) is 0 Å². The minimum atomic E-state index is 0.670. The van der Waals surface area contributed by atoms with Crippen LogP contribution in [-0.2, 0) is 6.54 Å². The van der Waals surface area contributed by atoms with Crippen molar-refractivity contribution in [1.82, 2.24) is 5.32 Å². The van der Waals surface area contributed by atoms with Gasteiger partial charge in [0.25, 0.3) is 0 Å². The molecule has 1 heterocycles. The highest BCUT2D eigenvalue weighted by atomic mass is 35.5. The molecule has 0 saturated heterocycles. The Bertz CT molecular complexity index is 473. The molecule has 0 spiro atoms. The molecule has 0 radical (unpaired) electrons. The minimum absolute atomic E-state index is 0.670. The Labute approximate surface area is 109 Å². The lowest BCUT2D eigenvalue weighted by Crippen LogP contribution is -2.02. The highest BCUT2D eigenvalue weighted by Crippen LogP contribution is 2.30. The maximum atomic E-state index is 5.97. The molecule has 0 aliphatic heterocycles. The highest BCUT2D eigenvalue weighted by Gasteiger charge is 2.04. The molecule has 0 fully saturated rings. The van der Waals surface area contributed by atoms with E-state index in [0.29, 0.717) is 10.0 Å². The van der Waals surface area contributed by atoms with Crippen molar-refractivity contribution in [1.29, 1.82) is 0 Å². The maximum absolute atomic E-state index is 5.97. The molecule has 16 heavy (non-hydrogen) atoms. The van der Waals surface area contributed by atoms with Gasteiger partial charge in [-0.2, -0.15) is 0 Å². The molecule has 0 bridgehead atoms. The van der Waals surface area contributed by atoms with Crippen LogP contribution in [0.5, 0.6) is 0 Å². The summed E-state index contributed by atoms with van der Waals surface area (Å²) >= 11 is 13.7. The lowest BCUT2D eigenvalue weighted by Gasteiger charge is -2.00. The zero-order valence-electron chi connectivity index (χ0n) is 8.76.